The predicted molar refractivity (Wildman–Crippen MR) is 92.8 cm³/mol. The number of hydrogen-bond acceptors (Lipinski definition) is 3. The van der Waals surface area contributed by atoms with E-state index in [9.17, 15) is 0 Å². The first-order valence-corrected chi connectivity index (χ1v) is 8.24. The molecule has 1 aromatic carbocycles. The van der Waals surface area contributed by atoms with E-state index < -0.39 is 0 Å². The highest BCUT2D eigenvalue weighted by Crippen LogP contribution is 2.29. The van der Waals surface area contributed by atoms with Crippen LogP contribution in [0.1, 0.15) is 37.1 Å². The lowest BCUT2D eigenvalue weighted by Crippen LogP contribution is -2.07. The maximum absolute atomic E-state index is 4.72. The minimum absolute atomic E-state index is 0.797. The Bertz CT molecular complexity index is 638. The summed E-state index contributed by atoms with van der Waals surface area (Å²) in [7, 11) is 0. The Morgan fingerprint density at radius 3 is 2.52 bits per heavy atom. The number of nitrogens with one attached hydrogen (secondary N) is 1. The van der Waals surface area contributed by atoms with Crippen molar-refractivity contribution >= 4 is 21.7 Å². The van der Waals surface area contributed by atoms with Gasteiger partial charge >= 0.3 is 0 Å². The van der Waals surface area contributed by atoms with Crippen molar-refractivity contribution in [1.29, 1.82) is 0 Å². The zero-order valence-corrected chi connectivity index (χ0v) is 14.7. The topological polar surface area (TPSA) is 37.8 Å². The van der Waals surface area contributed by atoms with E-state index in [1.807, 2.05) is 0 Å². The van der Waals surface area contributed by atoms with E-state index >= 15 is 0 Å². The number of nitrogens with zero attached hydrogens (tertiary/aromatic N) is 2. The van der Waals surface area contributed by atoms with Crippen LogP contribution in [0.2, 0.25) is 0 Å². The van der Waals surface area contributed by atoms with Gasteiger partial charge in [-0.05, 0) is 48.2 Å². The normalized spacial score (nSPS) is 10.7. The summed E-state index contributed by atoms with van der Waals surface area (Å²) < 4.78 is 0.979. The molecule has 0 aliphatic heterocycles. The maximum atomic E-state index is 4.72. The summed E-state index contributed by atoms with van der Waals surface area (Å²) in [5.74, 6) is 1.69. The van der Waals surface area contributed by atoms with Gasteiger partial charge in [0, 0.05) is 12.1 Å². The first-order chi connectivity index (χ1) is 10.1. The summed E-state index contributed by atoms with van der Waals surface area (Å²) >= 11 is 3.62. The van der Waals surface area contributed by atoms with Crippen LogP contribution < -0.4 is 5.32 Å². The zero-order chi connectivity index (χ0) is 15.4. The third-order valence-electron chi connectivity index (χ3n) is 3.42. The number of aromatic nitrogens is 2. The Labute approximate surface area is 135 Å². The molecule has 0 aliphatic carbocycles. The van der Waals surface area contributed by atoms with Crippen LogP contribution in [0.15, 0.2) is 22.7 Å². The summed E-state index contributed by atoms with van der Waals surface area (Å²) in [4.78, 5) is 9.43. The SMILES string of the molecule is CCCNc1nc(-c2ccc(C)cc2C)nc(CC)c1Br. The number of hydrogen-bond donors (Lipinski definition) is 1. The van der Waals surface area contributed by atoms with Crippen molar-refractivity contribution in [3.05, 3.63) is 39.5 Å². The lowest BCUT2D eigenvalue weighted by molar-refractivity contribution is 0.943. The smallest absolute Gasteiger partial charge is 0.162 e. The molecule has 0 bridgehead atoms. The van der Waals surface area contributed by atoms with E-state index in [1.165, 1.54) is 11.1 Å². The number of benzene rings is 1. The molecule has 0 aliphatic rings. The van der Waals surface area contributed by atoms with Gasteiger partial charge in [0.25, 0.3) is 0 Å². The minimum Gasteiger partial charge on any atom is -0.369 e. The molecule has 0 fully saturated rings. The summed E-state index contributed by atoms with van der Waals surface area (Å²) in [5, 5.41) is 3.38. The van der Waals surface area contributed by atoms with Gasteiger partial charge in [-0.3, -0.25) is 0 Å². The molecule has 0 radical (unpaired) electrons. The quantitative estimate of drug-likeness (QED) is 0.834. The van der Waals surface area contributed by atoms with Gasteiger partial charge in [-0.25, -0.2) is 9.97 Å². The Morgan fingerprint density at radius 1 is 1.14 bits per heavy atom. The molecule has 112 valence electrons. The Morgan fingerprint density at radius 2 is 1.90 bits per heavy atom. The van der Waals surface area contributed by atoms with Crippen LogP contribution in [-0.4, -0.2) is 16.5 Å². The van der Waals surface area contributed by atoms with Crippen molar-refractivity contribution < 1.29 is 0 Å². The first-order valence-electron chi connectivity index (χ1n) is 7.44. The lowest BCUT2D eigenvalue weighted by atomic mass is 10.1. The summed E-state index contributed by atoms with van der Waals surface area (Å²) in [6.45, 7) is 9.38. The number of halogens is 1. The number of anilines is 1. The molecule has 1 aromatic heterocycles. The molecule has 0 atom stereocenters. The fraction of sp³-hybridized carbons (Fsp3) is 0.412. The molecular weight excluding hydrogens is 326 g/mol. The van der Waals surface area contributed by atoms with Crippen molar-refractivity contribution in [1.82, 2.24) is 9.97 Å². The van der Waals surface area contributed by atoms with Crippen molar-refractivity contribution in [2.45, 2.75) is 40.5 Å². The molecule has 2 rings (SSSR count). The van der Waals surface area contributed by atoms with E-state index in [-0.39, 0.29) is 0 Å². The standard InChI is InChI=1S/C17H22BrN3/c1-5-9-19-17-15(18)14(6-2)20-16(21-17)13-8-7-11(3)10-12(13)4/h7-8,10H,5-6,9H2,1-4H3,(H,19,20,21). The van der Waals surface area contributed by atoms with Crippen molar-refractivity contribution in [3.63, 3.8) is 0 Å². The fourth-order valence-electron chi connectivity index (χ4n) is 2.27. The van der Waals surface area contributed by atoms with Crippen LogP contribution in [-0.2, 0) is 6.42 Å². The average Bonchev–Trinajstić information content (AvgIpc) is 2.46. The van der Waals surface area contributed by atoms with Crippen molar-refractivity contribution in [2.24, 2.45) is 0 Å². The Kier molecular flexibility index (Phi) is 5.34. The first kappa shape index (κ1) is 16.0. The molecule has 0 saturated carbocycles. The van der Waals surface area contributed by atoms with Crippen LogP contribution in [0, 0.1) is 13.8 Å². The minimum atomic E-state index is 0.797. The highest BCUT2D eigenvalue weighted by Gasteiger charge is 2.13. The number of aryl methyl sites for hydroxylation is 3. The monoisotopic (exact) mass is 347 g/mol. The molecule has 0 unspecified atom stereocenters. The van der Waals surface area contributed by atoms with Gasteiger partial charge in [0.05, 0.1) is 10.2 Å². The molecule has 2 aromatic rings. The van der Waals surface area contributed by atoms with Gasteiger partial charge < -0.3 is 5.32 Å². The average molecular weight is 348 g/mol. The molecule has 1 N–H and O–H groups in total. The van der Waals surface area contributed by atoms with Gasteiger partial charge in [0.2, 0.25) is 0 Å². The van der Waals surface area contributed by atoms with Gasteiger partial charge in [-0.1, -0.05) is 37.6 Å². The van der Waals surface area contributed by atoms with E-state index in [0.29, 0.717) is 0 Å². The molecule has 0 saturated heterocycles. The second kappa shape index (κ2) is 7.03. The largest absolute Gasteiger partial charge is 0.369 e. The van der Waals surface area contributed by atoms with Gasteiger partial charge in [-0.15, -0.1) is 0 Å². The van der Waals surface area contributed by atoms with Crippen LogP contribution >= 0.6 is 15.9 Å². The highest BCUT2D eigenvalue weighted by atomic mass is 79.9. The summed E-state index contributed by atoms with van der Waals surface area (Å²) in [6.07, 6.45) is 1.94. The van der Waals surface area contributed by atoms with E-state index in [2.05, 4.69) is 67.1 Å². The molecule has 0 spiro atoms. The lowest BCUT2D eigenvalue weighted by Gasteiger charge is -2.13. The third kappa shape index (κ3) is 3.62. The van der Waals surface area contributed by atoms with Crippen LogP contribution in [0.4, 0.5) is 5.82 Å². The van der Waals surface area contributed by atoms with E-state index in [1.54, 1.807) is 0 Å². The summed E-state index contributed by atoms with van der Waals surface area (Å²) in [6, 6.07) is 6.39. The van der Waals surface area contributed by atoms with Gasteiger partial charge in [-0.2, -0.15) is 0 Å². The second-order valence-corrected chi connectivity index (χ2v) is 6.05. The highest BCUT2D eigenvalue weighted by molar-refractivity contribution is 9.10. The van der Waals surface area contributed by atoms with Crippen LogP contribution in [0.25, 0.3) is 11.4 Å². The van der Waals surface area contributed by atoms with Crippen LogP contribution in [0.3, 0.4) is 0 Å². The van der Waals surface area contributed by atoms with Crippen molar-refractivity contribution in [3.8, 4) is 11.4 Å². The maximum Gasteiger partial charge on any atom is 0.162 e. The molecule has 21 heavy (non-hydrogen) atoms. The Hall–Kier alpha value is -1.42. The van der Waals surface area contributed by atoms with Gasteiger partial charge in [0.1, 0.15) is 5.82 Å². The van der Waals surface area contributed by atoms with Crippen LogP contribution in [0.5, 0.6) is 0 Å². The molecule has 1 heterocycles. The molecule has 3 nitrogen and oxygen atoms in total. The van der Waals surface area contributed by atoms with Gasteiger partial charge in [0.15, 0.2) is 5.82 Å². The van der Waals surface area contributed by atoms with Crippen molar-refractivity contribution in [2.75, 3.05) is 11.9 Å². The number of rotatable bonds is 5. The molecule has 4 heteroatoms. The van der Waals surface area contributed by atoms with E-state index in [4.69, 9.17) is 9.97 Å². The third-order valence-corrected chi connectivity index (χ3v) is 4.25. The predicted octanol–water partition coefficient (Wildman–Crippen LogP) is 4.91. The fourth-order valence-corrected chi connectivity index (χ4v) is 2.87. The summed E-state index contributed by atoms with van der Waals surface area (Å²) in [5.41, 5.74) is 4.61. The van der Waals surface area contributed by atoms with E-state index in [0.717, 1.165) is 46.8 Å². The Balaban J connectivity index is 2.52. The molecule has 0 amide bonds. The zero-order valence-electron chi connectivity index (χ0n) is 13.1. The molecular formula is C17H22BrN3. The second-order valence-electron chi connectivity index (χ2n) is 5.26.